The zero-order chi connectivity index (χ0) is 9.26. The minimum absolute atomic E-state index is 0.236. The van der Waals surface area contributed by atoms with Gasteiger partial charge in [-0.3, -0.25) is 0 Å². The quantitative estimate of drug-likeness (QED) is 0.713. The summed E-state index contributed by atoms with van der Waals surface area (Å²) in [6.07, 6.45) is 5.55. The van der Waals surface area contributed by atoms with Gasteiger partial charge in [0.1, 0.15) is 0 Å². The van der Waals surface area contributed by atoms with Crippen LogP contribution in [0.2, 0.25) is 0 Å². The van der Waals surface area contributed by atoms with E-state index in [1.54, 1.807) is 0 Å². The average molecular weight is 179 g/mol. The Morgan fingerprint density at radius 3 is 2.92 bits per heavy atom. The molecular formula is C11H17NO. The number of hydrogen-bond acceptors (Lipinski definition) is 1. The molecule has 2 N–H and O–H groups in total. The molecule has 1 atom stereocenters. The second-order valence-electron chi connectivity index (χ2n) is 4.06. The third kappa shape index (κ3) is 1.94. The molecule has 0 saturated carbocycles. The van der Waals surface area contributed by atoms with E-state index in [1.807, 2.05) is 6.92 Å². The van der Waals surface area contributed by atoms with Gasteiger partial charge in [-0.2, -0.15) is 0 Å². The van der Waals surface area contributed by atoms with Crippen LogP contribution in [0.1, 0.15) is 36.7 Å². The third-order valence-electron chi connectivity index (χ3n) is 2.69. The molecular weight excluding hydrogens is 162 g/mol. The fourth-order valence-corrected chi connectivity index (χ4v) is 2.10. The maximum Gasteiger partial charge on any atom is 0.0566 e. The first-order valence-electron chi connectivity index (χ1n) is 5.13. The Hall–Kier alpha value is -0.760. The van der Waals surface area contributed by atoms with Crippen molar-refractivity contribution < 1.29 is 5.11 Å². The van der Waals surface area contributed by atoms with Crippen LogP contribution in [0.3, 0.4) is 0 Å². The molecule has 2 nitrogen and oxygen atoms in total. The lowest BCUT2D eigenvalue weighted by Gasteiger charge is -2.09. The fourth-order valence-electron chi connectivity index (χ4n) is 2.10. The number of aromatic nitrogens is 1. The van der Waals surface area contributed by atoms with Gasteiger partial charge in [0.05, 0.1) is 6.10 Å². The largest absolute Gasteiger partial charge is 0.393 e. The molecule has 1 aliphatic carbocycles. The molecule has 0 radical (unpaired) electrons. The molecule has 1 aromatic rings. The highest BCUT2D eigenvalue weighted by molar-refractivity contribution is 5.28. The predicted molar refractivity (Wildman–Crippen MR) is 52.8 cm³/mol. The van der Waals surface area contributed by atoms with Gasteiger partial charge in [-0.15, -0.1) is 0 Å². The van der Waals surface area contributed by atoms with Gasteiger partial charge in [-0.25, -0.2) is 0 Å². The Bertz CT molecular complexity index is 265. The number of hydrogen-bond donors (Lipinski definition) is 2. The molecule has 0 bridgehead atoms. The van der Waals surface area contributed by atoms with Crippen molar-refractivity contribution in [1.29, 1.82) is 0 Å². The minimum Gasteiger partial charge on any atom is -0.393 e. The summed E-state index contributed by atoms with van der Waals surface area (Å²) in [6, 6.07) is 2.22. The number of aliphatic hydroxyl groups excluding tert-OH is 1. The van der Waals surface area contributed by atoms with Gasteiger partial charge in [0.2, 0.25) is 0 Å². The van der Waals surface area contributed by atoms with Crippen molar-refractivity contribution in [2.24, 2.45) is 0 Å². The first-order chi connectivity index (χ1) is 6.25. The molecule has 1 aliphatic rings. The first-order valence-corrected chi connectivity index (χ1v) is 5.13. The van der Waals surface area contributed by atoms with Crippen molar-refractivity contribution in [1.82, 2.24) is 4.98 Å². The molecule has 0 saturated heterocycles. The van der Waals surface area contributed by atoms with Crippen molar-refractivity contribution in [2.75, 3.05) is 0 Å². The van der Waals surface area contributed by atoms with E-state index >= 15 is 0 Å². The monoisotopic (exact) mass is 179 g/mol. The molecule has 2 rings (SSSR count). The molecule has 2 heteroatoms. The van der Waals surface area contributed by atoms with E-state index in [9.17, 15) is 5.11 Å². The van der Waals surface area contributed by atoms with Gasteiger partial charge >= 0.3 is 0 Å². The smallest absolute Gasteiger partial charge is 0.0566 e. The molecule has 1 heterocycles. The summed E-state index contributed by atoms with van der Waals surface area (Å²) in [5.74, 6) is 0. The molecule has 13 heavy (non-hydrogen) atoms. The average Bonchev–Trinajstić information content (AvgIpc) is 2.44. The summed E-state index contributed by atoms with van der Waals surface area (Å²) in [7, 11) is 0. The van der Waals surface area contributed by atoms with E-state index in [4.69, 9.17) is 0 Å². The van der Waals surface area contributed by atoms with Crippen LogP contribution in [-0.4, -0.2) is 16.2 Å². The van der Waals surface area contributed by atoms with Crippen LogP contribution in [-0.2, 0) is 19.3 Å². The van der Waals surface area contributed by atoms with Gasteiger partial charge in [0.15, 0.2) is 0 Å². The van der Waals surface area contributed by atoms with Crippen molar-refractivity contribution in [3.63, 3.8) is 0 Å². The van der Waals surface area contributed by atoms with E-state index < -0.39 is 0 Å². The van der Waals surface area contributed by atoms with Crippen molar-refractivity contribution in [2.45, 2.75) is 45.1 Å². The lowest BCUT2D eigenvalue weighted by molar-refractivity contribution is 0.194. The highest BCUT2D eigenvalue weighted by Crippen LogP contribution is 2.22. The standard InChI is InChI=1S/C11H17NO/c1-8(13)6-10-7-9-4-2-3-5-11(9)12-10/h7-8,12-13H,2-6H2,1H3/t8-/m0/s1. The van der Waals surface area contributed by atoms with E-state index in [0.717, 1.165) is 6.42 Å². The Morgan fingerprint density at radius 2 is 2.23 bits per heavy atom. The zero-order valence-electron chi connectivity index (χ0n) is 8.14. The Labute approximate surface area is 79.0 Å². The number of aromatic amines is 1. The van der Waals surface area contributed by atoms with Crippen molar-refractivity contribution in [3.05, 3.63) is 23.0 Å². The van der Waals surface area contributed by atoms with E-state index in [1.165, 1.54) is 42.6 Å². The highest BCUT2D eigenvalue weighted by Gasteiger charge is 2.12. The van der Waals surface area contributed by atoms with Gasteiger partial charge < -0.3 is 10.1 Å². The maximum absolute atomic E-state index is 9.25. The highest BCUT2D eigenvalue weighted by atomic mass is 16.3. The molecule has 0 aliphatic heterocycles. The van der Waals surface area contributed by atoms with Crippen LogP contribution in [0.25, 0.3) is 0 Å². The van der Waals surface area contributed by atoms with Crippen molar-refractivity contribution in [3.8, 4) is 0 Å². The van der Waals surface area contributed by atoms with Gasteiger partial charge in [-0.05, 0) is 44.2 Å². The molecule has 0 amide bonds. The predicted octanol–water partition coefficient (Wildman–Crippen LogP) is 1.82. The topological polar surface area (TPSA) is 36.0 Å². The zero-order valence-corrected chi connectivity index (χ0v) is 8.14. The van der Waals surface area contributed by atoms with E-state index in [0.29, 0.717) is 0 Å². The van der Waals surface area contributed by atoms with Crippen LogP contribution in [0.15, 0.2) is 6.07 Å². The van der Waals surface area contributed by atoms with Crippen LogP contribution >= 0.6 is 0 Å². The number of rotatable bonds is 2. The number of fused-ring (bicyclic) bond motifs is 1. The number of H-pyrrole nitrogens is 1. The Morgan fingerprint density at radius 1 is 1.46 bits per heavy atom. The van der Waals surface area contributed by atoms with E-state index in [-0.39, 0.29) is 6.10 Å². The number of aryl methyl sites for hydroxylation is 2. The summed E-state index contributed by atoms with van der Waals surface area (Å²) >= 11 is 0. The summed E-state index contributed by atoms with van der Waals surface area (Å²) in [6.45, 7) is 1.83. The minimum atomic E-state index is -0.236. The van der Waals surface area contributed by atoms with Crippen molar-refractivity contribution >= 4 is 0 Å². The van der Waals surface area contributed by atoms with Crippen LogP contribution in [0, 0.1) is 0 Å². The Kier molecular flexibility index (Phi) is 2.40. The SMILES string of the molecule is C[C@H](O)Cc1cc2c([nH]1)CCCC2. The fraction of sp³-hybridized carbons (Fsp3) is 0.636. The number of aliphatic hydroxyl groups is 1. The van der Waals surface area contributed by atoms with Gasteiger partial charge in [0, 0.05) is 17.8 Å². The molecule has 0 aromatic carbocycles. The van der Waals surface area contributed by atoms with Crippen LogP contribution in [0.4, 0.5) is 0 Å². The molecule has 0 fully saturated rings. The summed E-state index contributed by atoms with van der Waals surface area (Å²) in [4.78, 5) is 3.40. The lowest BCUT2D eigenvalue weighted by Crippen LogP contribution is -2.04. The second-order valence-corrected chi connectivity index (χ2v) is 4.06. The summed E-state index contributed by atoms with van der Waals surface area (Å²) < 4.78 is 0. The molecule has 72 valence electrons. The number of nitrogens with one attached hydrogen (secondary N) is 1. The second kappa shape index (κ2) is 3.54. The van der Waals surface area contributed by atoms with Crippen LogP contribution in [0.5, 0.6) is 0 Å². The lowest BCUT2D eigenvalue weighted by atomic mass is 9.98. The first kappa shape index (κ1) is 8.82. The molecule has 1 aromatic heterocycles. The maximum atomic E-state index is 9.25. The third-order valence-corrected chi connectivity index (χ3v) is 2.69. The Balaban J connectivity index is 2.15. The van der Waals surface area contributed by atoms with Crippen LogP contribution < -0.4 is 0 Å². The summed E-state index contributed by atoms with van der Waals surface area (Å²) in [5.41, 5.74) is 4.07. The molecule has 0 spiro atoms. The summed E-state index contributed by atoms with van der Waals surface area (Å²) in [5, 5.41) is 9.25. The molecule has 0 unspecified atom stereocenters. The van der Waals surface area contributed by atoms with Gasteiger partial charge in [0.25, 0.3) is 0 Å². The normalized spacial score (nSPS) is 18.3. The van der Waals surface area contributed by atoms with Gasteiger partial charge in [-0.1, -0.05) is 0 Å². The van der Waals surface area contributed by atoms with E-state index in [2.05, 4.69) is 11.1 Å².